The summed E-state index contributed by atoms with van der Waals surface area (Å²) in [7, 11) is 1.76. The average molecular weight is 324 g/mol. The van der Waals surface area contributed by atoms with Crippen LogP contribution in [0.25, 0.3) is 0 Å². The molecule has 0 radical (unpaired) electrons. The van der Waals surface area contributed by atoms with E-state index in [2.05, 4.69) is 0 Å². The van der Waals surface area contributed by atoms with Crippen molar-refractivity contribution in [2.45, 2.75) is 64.6 Å². The highest BCUT2D eigenvalue weighted by Crippen LogP contribution is 2.77. The van der Waals surface area contributed by atoms with Crippen LogP contribution in [0.5, 0.6) is 0 Å². The van der Waals surface area contributed by atoms with E-state index in [-0.39, 0.29) is 41.0 Å². The summed E-state index contributed by atoms with van der Waals surface area (Å²) in [6.45, 7) is 3.08. The van der Waals surface area contributed by atoms with E-state index in [4.69, 9.17) is 4.74 Å². The summed E-state index contributed by atoms with van der Waals surface area (Å²) in [6, 6.07) is 0. The van der Waals surface area contributed by atoms with Crippen LogP contribution in [0.4, 0.5) is 4.39 Å². The maximum absolute atomic E-state index is 13.8. The molecular weight excluding hydrogens is 295 g/mol. The predicted octanol–water partition coefficient (Wildman–Crippen LogP) is 3.14. The van der Waals surface area contributed by atoms with Crippen LogP contribution >= 0.6 is 0 Å². The quantitative estimate of drug-likeness (QED) is 0.849. The van der Waals surface area contributed by atoms with Gasteiger partial charge in [0, 0.05) is 18.4 Å². The highest BCUT2D eigenvalue weighted by atomic mass is 19.1. The highest BCUT2D eigenvalue weighted by Gasteiger charge is 2.76. The second-order valence-corrected chi connectivity index (χ2v) is 9.08. The minimum absolute atomic E-state index is 0.0229. The van der Waals surface area contributed by atoms with Gasteiger partial charge in [0.2, 0.25) is 0 Å². The minimum atomic E-state index is -1.03. The number of methoxy groups -OCH3 is 1. The number of aliphatic hydroxyl groups excluding tert-OH is 1. The Morgan fingerprint density at radius 1 is 1.30 bits per heavy atom. The van der Waals surface area contributed by atoms with Gasteiger partial charge in [0.25, 0.3) is 0 Å². The van der Waals surface area contributed by atoms with Crippen molar-refractivity contribution in [3.63, 3.8) is 0 Å². The molecule has 0 aliphatic heterocycles. The third-order valence-electron chi connectivity index (χ3n) is 8.34. The molecule has 0 amide bonds. The van der Waals surface area contributed by atoms with Crippen LogP contribution in [-0.4, -0.2) is 36.9 Å². The lowest BCUT2D eigenvalue weighted by Gasteiger charge is -2.54. The Hall–Kier alpha value is -0.480. The Bertz CT molecular complexity index is 537. The number of carbonyl (C=O) groups excluding carboxylic acids is 1. The number of Topliss-reactive ketones (excluding diaryl/α,β-unsaturated/α-hetero) is 1. The number of rotatable bonds is 2. The van der Waals surface area contributed by atoms with Crippen LogP contribution in [0.15, 0.2) is 0 Å². The van der Waals surface area contributed by atoms with Gasteiger partial charge in [-0.05, 0) is 55.8 Å². The number of hydrogen-bond acceptors (Lipinski definition) is 3. The van der Waals surface area contributed by atoms with E-state index in [0.29, 0.717) is 5.92 Å². The number of ether oxygens (including phenoxy) is 1. The van der Waals surface area contributed by atoms with Crippen molar-refractivity contribution >= 4 is 5.78 Å². The van der Waals surface area contributed by atoms with Crippen molar-refractivity contribution in [1.29, 1.82) is 0 Å². The predicted molar refractivity (Wildman–Crippen MR) is 84.6 cm³/mol. The number of halogens is 1. The van der Waals surface area contributed by atoms with Crippen LogP contribution in [0.2, 0.25) is 0 Å². The van der Waals surface area contributed by atoms with Gasteiger partial charge in [0.15, 0.2) is 0 Å². The Morgan fingerprint density at radius 2 is 2.00 bits per heavy atom. The topological polar surface area (TPSA) is 46.5 Å². The molecule has 130 valence electrons. The van der Waals surface area contributed by atoms with Gasteiger partial charge in [-0.1, -0.05) is 13.8 Å². The molecule has 0 aromatic carbocycles. The standard InChI is InChI=1S/C19H29FO3/c1-11-16(22)17(2,10-20)9-14(21)19-8-12(19)4-6-18(11)7-5-13(23-3)15(18)19/h11-15,21H,4-10H2,1-3H3/t11-,12-,13+,14+,15?,17-,18?,19-/m0/s1. The molecule has 0 heterocycles. The molecule has 1 spiro atoms. The van der Waals surface area contributed by atoms with Crippen LogP contribution in [0.3, 0.4) is 0 Å². The highest BCUT2D eigenvalue weighted by molar-refractivity contribution is 5.87. The zero-order valence-corrected chi connectivity index (χ0v) is 14.5. The van der Waals surface area contributed by atoms with E-state index < -0.39 is 18.2 Å². The summed E-state index contributed by atoms with van der Waals surface area (Å²) in [5, 5.41) is 11.1. The zero-order valence-electron chi connectivity index (χ0n) is 14.5. The van der Waals surface area contributed by atoms with Gasteiger partial charge in [-0.25, -0.2) is 0 Å². The molecule has 4 rings (SSSR count). The fourth-order valence-corrected chi connectivity index (χ4v) is 7.02. The molecule has 0 aromatic rings. The molecule has 8 atom stereocenters. The second-order valence-electron chi connectivity index (χ2n) is 9.08. The van der Waals surface area contributed by atoms with E-state index in [1.807, 2.05) is 6.92 Å². The molecule has 4 aliphatic rings. The van der Waals surface area contributed by atoms with Gasteiger partial charge in [-0.3, -0.25) is 9.18 Å². The summed E-state index contributed by atoms with van der Waals surface area (Å²) in [5.74, 6) is 0.682. The normalized spacial score (nSPS) is 58.1. The molecule has 23 heavy (non-hydrogen) atoms. The Balaban J connectivity index is 1.86. The first-order chi connectivity index (χ1) is 10.9. The Kier molecular flexibility index (Phi) is 3.33. The fourth-order valence-electron chi connectivity index (χ4n) is 7.02. The van der Waals surface area contributed by atoms with Crippen molar-refractivity contribution in [3.05, 3.63) is 0 Å². The van der Waals surface area contributed by atoms with E-state index in [1.165, 1.54) is 0 Å². The Labute approximate surface area is 138 Å². The molecule has 3 nitrogen and oxygen atoms in total. The largest absolute Gasteiger partial charge is 0.392 e. The molecule has 2 bridgehead atoms. The summed E-state index contributed by atoms with van der Waals surface area (Å²) < 4.78 is 19.6. The lowest BCUT2D eigenvalue weighted by Crippen LogP contribution is -2.57. The molecule has 0 aromatic heterocycles. The van der Waals surface area contributed by atoms with Gasteiger partial charge >= 0.3 is 0 Å². The second kappa shape index (κ2) is 4.78. The van der Waals surface area contributed by atoms with Crippen LogP contribution in [0.1, 0.15) is 52.4 Å². The monoisotopic (exact) mass is 324 g/mol. The van der Waals surface area contributed by atoms with Crippen LogP contribution < -0.4 is 0 Å². The number of carbonyl (C=O) groups is 1. The van der Waals surface area contributed by atoms with Crippen LogP contribution in [0, 0.1) is 34.0 Å². The van der Waals surface area contributed by atoms with Crippen molar-refractivity contribution in [2.24, 2.45) is 34.0 Å². The maximum Gasteiger partial charge on any atom is 0.144 e. The lowest BCUT2D eigenvalue weighted by molar-refractivity contribution is -0.161. The van der Waals surface area contributed by atoms with Crippen LogP contribution in [-0.2, 0) is 9.53 Å². The molecule has 2 unspecified atom stereocenters. The first-order valence-corrected chi connectivity index (χ1v) is 9.17. The van der Waals surface area contributed by atoms with Crippen molar-refractivity contribution in [2.75, 3.05) is 13.8 Å². The molecule has 4 fully saturated rings. The summed E-state index contributed by atoms with van der Waals surface area (Å²) in [6.07, 6.45) is 4.94. The average Bonchev–Trinajstić information content (AvgIpc) is 3.19. The van der Waals surface area contributed by atoms with Crippen molar-refractivity contribution < 1.29 is 19.0 Å². The third-order valence-corrected chi connectivity index (χ3v) is 8.34. The number of hydrogen-bond donors (Lipinski definition) is 1. The first kappa shape index (κ1) is 16.0. The maximum atomic E-state index is 13.8. The van der Waals surface area contributed by atoms with Gasteiger partial charge in [-0.2, -0.15) is 0 Å². The van der Waals surface area contributed by atoms with E-state index >= 15 is 0 Å². The Morgan fingerprint density at radius 3 is 2.65 bits per heavy atom. The van der Waals surface area contributed by atoms with E-state index in [1.54, 1.807) is 14.0 Å². The van der Waals surface area contributed by atoms with E-state index in [9.17, 15) is 14.3 Å². The van der Waals surface area contributed by atoms with E-state index in [0.717, 1.165) is 32.1 Å². The van der Waals surface area contributed by atoms with Gasteiger partial charge in [0.1, 0.15) is 12.5 Å². The molecule has 4 saturated carbocycles. The van der Waals surface area contributed by atoms with Crippen molar-refractivity contribution in [3.8, 4) is 0 Å². The zero-order chi connectivity index (χ0) is 16.6. The first-order valence-electron chi connectivity index (χ1n) is 9.17. The summed E-state index contributed by atoms with van der Waals surface area (Å²) in [4.78, 5) is 13.2. The number of ketones is 1. The molecule has 4 heteroatoms. The summed E-state index contributed by atoms with van der Waals surface area (Å²) in [5.41, 5.74) is -1.25. The number of alkyl halides is 1. The molecular formula is C19H29FO3. The summed E-state index contributed by atoms with van der Waals surface area (Å²) >= 11 is 0. The fraction of sp³-hybridized carbons (Fsp3) is 0.947. The minimum Gasteiger partial charge on any atom is -0.392 e. The molecule has 1 N–H and O–H groups in total. The van der Waals surface area contributed by atoms with Gasteiger partial charge in [-0.15, -0.1) is 0 Å². The lowest BCUT2D eigenvalue weighted by atomic mass is 9.50. The number of aliphatic hydroxyl groups is 1. The SMILES string of the molecule is CO[C@@H]1CCC23CC[C@H]4C[C@@]4(C12)[C@H](O)C[C@@](C)(CF)C(=O)[C@@H]3C. The molecule has 4 aliphatic carbocycles. The smallest absolute Gasteiger partial charge is 0.144 e. The van der Waals surface area contributed by atoms with Gasteiger partial charge in [0.05, 0.1) is 17.6 Å². The van der Waals surface area contributed by atoms with Gasteiger partial charge < -0.3 is 9.84 Å². The van der Waals surface area contributed by atoms with Crippen molar-refractivity contribution in [1.82, 2.24) is 0 Å². The third kappa shape index (κ3) is 1.75. The molecule has 0 saturated heterocycles.